The van der Waals surface area contributed by atoms with E-state index < -0.39 is 23.6 Å². The predicted octanol–water partition coefficient (Wildman–Crippen LogP) is 2.51. The number of carbonyl (C=O) groups is 1. The van der Waals surface area contributed by atoms with Crippen molar-refractivity contribution in [2.24, 2.45) is 0 Å². The van der Waals surface area contributed by atoms with Crippen molar-refractivity contribution in [2.45, 2.75) is 31.9 Å². The number of carboxylic acids is 1. The number of methoxy groups -OCH3 is 1. The molecule has 7 heteroatoms. The Kier molecular flexibility index (Phi) is 4.19. The van der Waals surface area contributed by atoms with Gasteiger partial charge in [0.1, 0.15) is 5.60 Å². The van der Waals surface area contributed by atoms with Crippen molar-refractivity contribution in [3.05, 3.63) is 57.9 Å². The molecule has 1 atom stereocenters. The molecule has 1 aromatic carbocycles. The van der Waals surface area contributed by atoms with Crippen LogP contribution in [0, 0.1) is 0 Å². The van der Waals surface area contributed by atoms with E-state index in [0.29, 0.717) is 17.9 Å². The summed E-state index contributed by atoms with van der Waals surface area (Å²) in [4.78, 5) is 29.1. The number of hydrogen-bond acceptors (Lipinski definition) is 5. The molecule has 144 valence electrons. The minimum absolute atomic E-state index is 0.0355. The SMILES string of the molecule is CCC(O)(CC(=O)O)c1cc2n(c(=O)c1OC)Cc1cc3ccccc3nc1-2. The average molecular weight is 380 g/mol. The number of benzene rings is 1. The fraction of sp³-hybridized carbons (Fsp3) is 0.286. The zero-order valence-corrected chi connectivity index (χ0v) is 15.6. The summed E-state index contributed by atoms with van der Waals surface area (Å²) in [6.45, 7) is 2.02. The van der Waals surface area contributed by atoms with Crippen molar-refractivity contribution in [1.29, 1.82) is 0 Å². The van der Waals surface area contributed by atoms with Crippen LogP contribution in [0.1, 0.15) is 30.9 Å². The zero-order chi connectivity index (χ0) is 20.1. The van der Waals surface area contributed by atoms with Crippen molar-refractivity contribution >= 4 is 16.9 Å². The van der Waals surface area contributed by atoms with E-state index in [0.717, 1.165) is 16.5 Å². The summed E-state index contributed by atoms with van der Waals surface area (Å²) in [6.07, 6.45) is -0.405. The summed E-state index contributed by atoms with van der Waals surface area (Å²) in [6, 6.07) is 11.3. The molecule has 4 rings (SSSR count). The van der Waals surface area contributed by atoms with Crippen LogP contribution in [0.5, 0.6) is 5.75 Å². The number of hydrogen-bond donors (Lipinski definition) is 2. The maximum atomic E-state index is 13.1. The topological polar surface area (TPSA) is 102 Å². The Labute approximate surface area is 160 Å². The number of pyridine rings is 2. The molecule has 0 radical (unpaired) electrons. The van der Waals surface area contributed by atoms with Crippen LogP contribution in [0.25, 0.3) is 22.3 Å². The Hall–Kier alpha value is -3.19. The first-order valence-electron chi connectivity index (χ1n) is 9.03. The smallest absolute Gasteiger partial charge is 0.306 e. The summed E-state index contributed by atoms with van der Waals surface area (Å²) >= 11 is 0. The number of rotatable bonds is 5. The van der Waals surface area contributed by atoms with E-state index in [1.54, 1.807) is 17.6 Å². The third-order valence-electron chi connectivity index (χ3n) is 5.36. The largest absolute Gasteiger partial charge is 0.491 e. The van der Waals surface area contributed by atoms with Crippen LogP contribution in [-0.4, -0.2) is 32.8 Å². The Morgan fingerprint density at radius 3 is 2.75 bits per heavy atom. The highest BCUT2D eigenvalue weighted by molar-refractivity contribution is 5.84. The molecule has 28 heavy (non-hydrogen) atoms. The van der Waals surface area contributed by atoms with Gasteiger partial charge in [0.05, 0.1) is 37.0 Å². The normalized spacial score (nSPS) is 14.4. The van der Waals surface area contributed by atoms with Gasteiger partial charge in [-0.15, -0.1) is 0 Å². The van der Waals surface area contributed by atoms with Gasteiger partial charge in [0.15, 0.2) is 5.75 Å². The second kappa shape index (κ2) is 6.45. The molecule has 1 unspecified atom stereocenters. The summed E-state index contributed by atoms with van der Waals surface area (Å²) in [5.74, 6) is -1.19. The van der Waals surface area contributed by atoms with Crippen molar-refractivity contribution in [2.75, 3.05) is 7.11 Å². The van der Waals surface area contributed by atoms with Crippen LogP contribution in [0.3, 0.4) is 0 Å². The molecular formula is C21H20N2O5. The molecule has 0 spiro atoms. The molecule has 0 aliphatic carbocycles. The minimum Gasteiger partial charge on any atom is -0.491 e. The van der Waals surface area contributed by atoms with E-state index in [-0.39, 0.29) is 17.7 Å². The first kappa shape index (κ1) is 18.2. The van der Waals surface area contributed by atoms with E-state index in [1.807, 2.05) is 30.3 Å². The van der Waals surface area contributed by atoms with Gasteiger partial charge < -0.3 is 14.9 Å². The minimum atomic E-state index is -1.72. The number of para-hydroxylation sites is 1. The third-order valence-corrected chi connectivity index (χ3v) is 5.36. The number of nitrogens with zero attached hydrogens (tertiary/aromatic N) is 2. The van der Waals surface area contributed by atoms with Gasteiger partial charge in [-0.3, -0.25) is 14.2 Å². The monoisotopic (exact) mass is 380 g/mol. The second-order valence-electron chi connectivity index (χ2n) is 7.01. The third kappa shape index (κ3) is 2.66. The zero-order valence-electron chi connectivity index (χ0n) is 15.6. The molecule has 7 nitrogen and oxygen atoms in total. The summed E-state index contributed by atoms with van der Waals surface area (Å²) < 4.78 is 6.85. The molecule has 2 N–H and O–H groups in total. The summed E-state index contributed by atoms with van der Waals surface area (Å²) in [7, 11) is 1.35. The number of aromatic nitrogens is 2. The van der Waals surface area contributed by atoms with Crippen LogP contribution in [-0.2, 0) is 16.9 Å². The lowest BCUT2D eigenvalue weighted by molar-refractivity contribution is -0.143. The van der Waals surface area contributed by atoms with Crippen molar-refractivity contribution in [1.82, 2.24) is 9.55 Å². The maximum Gasteiger partial charge on any atom is 0.306 e. The summed E-state index contributed by atoms with van der Waals surface area (Å²) in [5.41, 5.74) is 0.968. The lowest BCUT2D eigenvalue weighted by atomic mass is 9.87. The van der Waals surface area contributed by atoms with Crippen LogP contribution >= 0.6 is 0 Å². The molecule has 0 amide bonds. The standard InChI is InChI=1S/C21H20N2O5/c1-3-21(27,10-17(24)25)14-9-16-18-13(11-23(16)20(26)19(14)28-2)8-12-6-4-5-7-15(12)22-18/h4-9,27H,3,10-11H2,1-2H3,(H,24,25). The molecule has 2 aromatic heterocycles. The molecule has 0 saturated carbocycles. The van der Waals surface area contributed by atoms with Crippen LogP contribution in [0.15, 0.2) is 41.2 Å². The lowest BCUT2D eigenvalue weighted by Gasteiger charge is -2.27. The highest BCUT2D eigenvalue weighted by Crippen LogP contribution is 2.39. The van der Waals surface area contributed by atoms with Crippen molar-refractivity contribution < 1.29 is 19.7 Å². The van der Waals surface area contributed by atoms with Gasteiger partial charge in [-0.1, -0.05) is 25.1 Å². The predicted molar refractivity (Wildman–Crippen MR) is 104 cm³/mol. The van der Waals surface area contributed by atoms with Crippen molar-refractivity contribution in [3.8, 4) is 17.1 Å². The molecule has 1 aliphatic rings. The molecule has 3 heterocycles. The van der Waals surface area contributed by atoms with Gasteiger partial charge in [-0.25, -0.2) is 4.98 Å². The van der Waals surface area contributed by atoms with Gasteiger partial charge in [0.2, 0.25) is 0 Å². The highest BCUT2D eigenvalue weighted by Gasteiger charge is 2.37. The van der Waals surface area contributed by atoms with Crippen LogP contribution in [0.4, 0.5) is 0 Å². The summed E-state index contributed by atoms with van der Waals surface area (Å²) in [5, 5.41) is 21.2. The number of carboxylic acid groups (broad SMARTS) is 1. The fourth-order valence-corrected chi connectivity index (χ4v) is 3.86. The molecule has 0 fully saturated rings. The Bertz CT molecular complexity index is 1170. The van der Waals surface area contributed by atoms with E-state index >= 15 is 0 Å². The van der Waals surface area contributed by atoms with E-state index in [1.165, 1.54) is 7.11 Å². The second-order valence-corrected chi connectivity index (χ2v) is 7.01. The first-order valence-corrected chi connectivity index (χ1v) is 9.03. The fourth-order valence-electron chi connectivity index (χ4n) is 3.86. The number of aliphatic carboxylic acids is 1. The number of ether oxygens (including phenoxy) is 1. The van der Waals surface area contributed by atoms with Gasteiger partial charge in [0.25, 0.3) is 5.56 Å². The number of fused-ring (bicyclic) bond motifs is 4. The van der Waals surface area contributed by atoms with Crippen molar-refractivity contribution in [3.63, 3.8) is 0 Å². The van der Waals surface area contributed by atoms with Crippen LogP contribution < -0.4 is 10.3 Å². The van der Waals surface area contributed by atoms with Gasteiger partial charge >= 0.3 is 5.97 Å². The van der Waals surface area contributed by atoms with Crippen LogP contribution in [0.2, 0.25) is 0 Å². The quantitative estimate of drug-likeness (QED) is 0.552. The Balaban J connectivity index is 1.99. The average Bonchev–Trinajstić information content (AvgIpc) is 3.03. The molecular weight excluding hydrogens is 360 g/mol. The van der Waals surface area contributed by atoms with Gasteiger partial charge in [-0.05, 0) is 24.6 Å². The highest BCUT2D eigenvalue weighted by atomic mass is 16.5. The molecule has 1 aliphatic heterocycles. The van der Waals surface area contributed by atoms with E-state index in [4.69, 9.17) is 9.72 Å². The number of aliphatic hydroxyl groups is 1. The Morgan fingerprint density at radius 2 is 2.07 bits per heavy atom. The van der Waals surface area contributed by atoms with Gasteiger partial charge in [-0.2, -0.15) is 0 Å². The maximum absolute atomic E-state index is 13.1. The molecule has 3 aromatic rings. The lowest BCUT2D eigenvalue weighted by Crippen LogP contribution is -2.32. The van der Waals surface area contributed by atoms with E-state index in [2.05, 4.69) is 0 Å². The molecule has 0 saturated heterocycles. The Morgan fingerprint density at radius 1 is 1.32 bits per heavy atom. The molecule has 0 bridgehead atoms. The van der Waals surface area contributed by atoms with Gasteiger partial charge in [0, 0.05) is 16.5 Å². The van der Waals surface area contributed by atoms with E-state index in [9.17, 15) is 19.8 Å². The first-order chi connectivity index (χ1) is 13.4.